The van der Waals surface area contributed by atoms with Crippen molar-refractivity contribution in [1.82, 2.24) is 10.2 Å². The highest BCUT2D eigenvalue weighted by atomic mass is 16.3. The molecule has 0 aliphatic heterocycles. The van der Waals surface area contributed by atoms with E-state index in [1.165, 1.54) is 5.56 Å². The molecular weight excluding hydrogens is 248 g/mol. The summed E-state index contributed by atoms with van der Waals surface area (Å²) >= 11 is 0. The molecule has 1 aromatic heterocycles. The Morgan fingerprint density at radius 3 is 2.50 bits per heavy atom. The van der Waals surface area contributed by atoms with Crippen LogP contribution in [0.15, 0.2) is 53.1 Å². The van der Waals surface area contributed by atoms with E-state index >= 15 is 0 Å². The Balaban J connectivity index is 2.08. The summed E-state index contributed by atoms with van der Waals surface area (Å²) in [5.74, 6) is 1.01. The van der Waals surface area contributed by atoms with Crippen LogP contribution in [0.2, 0.25) is 0 Å². The van der Waals surface area contributed by atoms with Crippen LogP contribution < -0.4 is 5.32 Å². The zero-order chi connectivity index (χ0) is 14.4. The van der Waals surface area contributed by atoms with Gasteiger partial charge in [0.25, 0.3) is 0 Å². The van der Waals surface area contributed by atoms with Gasteiger partial charge in [-0.15, -0.1) is 0 Å². The summed E-state index contributed by atoms with van der Waals surface area (Å²) in [7, 11) is 4.15. The molecule has 108 valence electrons. The number of nitrogens with one attached hydrogen (secondary N) is 1. The maximum absolute atomic E-state index is 5.43. The van der Waals surface area contributed by atoms with Crippen LogP contribution in [0.3, 0.4) is 0 Å². The van der Waals surface area contributed by atoms with Gasteiger partial charge in [0, 0.05) is 18.5 Å². The molecule has 3 nitrogen and oxygen atoms in total. The molecule has 0 spiro atoms. The molecule has 1 atom stereocenters. The number of hydrogen-bond acceptors (Lipinski definition) is 3. The molecule has 3 heteroatoms. The molecule has 1 aromatic carbocycles. The number of hydrogen-bond donors (Lipinski definition) is 1. The first-order chi connectivity index (χ1) is 9.64. The van der Waals surface area contributed by atoms with Crippen LogP contribution >= 0.6 is 0 Å². The van der Waals surface area contributed by atoms with Gasteiger partial charge in [0.05, 0.1) is 12.8 Å². The molecule has 0 radical (unpaired) electrons. The molecule has 1 N–H and O–H groups in total. The largest absolute Gasteiger partial charge is 0.468 e. The summed E-state index contributed by atoms with van der Waals surface area (Å²) in [6, 6.07) is 14.7. The van der Waals surface area contributed by atoms with E-state index in [-0.39, 0.29) is 5.41 Å². The number of furan rings is 1. The fourth-order valence-corrected chi connectivity index (χ4v) is 2.80. The Bertz CT molecular complexity index is 495. The van der Waals surface area contributed by atoms with Crippen LogP contribution in [0.4, 0.5) is 0 Å². The van der Waals surface area contributed by atoms with Gasteiger partial charge in [0.1, 0.15) is 5.76 Å². The minimum atomic E-state index is 0.0807. The Kier molecular flexibility index (Phi) is 4.99. The van der Waals surface area contributed by atoms with Gasteiger partial charge in [-0.05, 0) is 31.8 Å². The first-order valence-corrected chi connectivity index (χ1v) is 7.05. The summed E-state index contributed by atoms with van der Waals surface area (Å²) in [5.41, 5.74) is 1.44. The third-order valence-corrected chi connectivity index (χ3v) is 3.66. The zero-order valence-corrected chi connectivity index (χ0v) is 12.6. The lowest BCUT2D eigenvalue weighted by molar-refractivity contribution is 0.230. The molecule has 0 fully saturated rings. The third kappa shape index (κ3) is 3.71. The summed E-state index contributed by atoms with van der Waals surface area (Å²) in [4.78, 5) is 2.31. The minimum Gasteiger partial charge on any atom is -0.468 e. The molecule has 2 aromatic rings. The molecule has 2 rings (SSSR count). The van der Waals surface area contributed by atoms with E-state index in [9.17, 15) is 0 Å². The van der Waals surface area contributed by atoms with Crippen LogP contribution in [0, 0.1) is 0 Å². The van der Waals surface area contributed by atoms with E-state index in [1.54, 1.807) is 6.26 Å². The van der Waals surface area contributed by atoms with E-state index in [1.807, 2.05) is 19.2 Å². The van der Waals surface area contributed by atoms with Crippen molar-refractivity contribution in [3.8, 4) is 0 Å². The molecule has 1 unspecified atom stereocenters. The van der Waals surface area contributed by atoms with Gasteiger partial charge in [-0.2, -0.15) is 0 Å². The smallest absolute Gasteiger partial charge is 0.117 e. The highest BCUT2D eigenvalue weighted by Gasteiger charge is 2.27. The molecular formula is C17H24N2O. The third-order valence-electron chi connectivity index (χ3n) is 3.66. The lowest BCUT2D eigenvalue weighted by Crippen LogP contribution is -2.43. The van der Waals surface area contributed by atoms with Gasteiger partial charge < -0.3 is 9.73 Å². The fourth-order valence-electron chi connectivity index (χ4n) is 2.80. The predicted molar refractivity (Wildman–Crippen MR) is 82.8 cm³/mol. The molecule has 0 aliphatic rings. The minimum absolute atomic E-state index is 0.0807. The monoisotopic (exact) mass is 272 g/mol. The Morgan fingerprint density at radius 1 is 1.15 bits per heavy atom. The molecule has 20 heavy (non-hydrogen) atoms. The van der Waals surface area contributed by atoms with Crippen molar-refractivity contribution in [1.29, 1.82) is 0 Å². The van der Waals surface area contributed by atoms with Gasteiger partial charge in [-0.1, -0.05) is 37.3 Å². The average molecular weight is 272 g/mol. The van der Waals surface area contributed by atoms with Gasteiger partial charge in [0.15, 0.2) is 0 Å². The van der Waals surface area contributed by atoms with Crippen molar-refractivity contribution in [2.45, 2.75) is 18.9 Å². The highest BCUT2D eigenvalue weighted by molar-refractivity contribution is 5.25. The summed E-state index contributed by atoms with van der Waals surface area (Å²) in [5, 5.41) is 3.32. The van der Waals surface area contributed by atoms with E-state index in [2.05, 4.69) is 54.5 Å². The van der Waals surface area contributed by atoms with Crippen LogP contribution in [0.25, 0.3) is 0 Å². The standard InChI is InChI=1S/C17H24N2O/c1-17(13-18-2,15-8-5-4-6-9-15)14-19(3)12-16-10-7-11-20-16/h4-11,18H,12-14H2,1-3H3. The Hall–Kier alpha value is -1.58. The van der Waals surface area contributed by atoms with Crippen molar-refractivity contribution in [2.75, 3.05) is 27.2 Å². The van der Waals surface area contributed by atoms with Gasteiger partial charge in [-0.25, -0.2) is 0 Å². The second-order valence-electron chi connectivity index (χ2n) is 5.71. The molecule has 0 aliphatic carbocycles. The second kappa shape index (κ2) is 6.73. The van der Waals surface area contributed by atoms with Crippen molar-refractivity contribution in [3.05, 3.63) is 60.1 Å². The van der Waals surface area contributed by atoms with Crippen LogP contribution in [0.5, 0.6) is 0 Å². The van der Waals surface area contributed by atoms with Crippen LogP contribution in [0.1, 0.15) is 18.2 Å². The maximum atomic E-state index is 5.43. The van der Waals surface area contributed by atoms with E-state index in [0.29, 0.717) is 0 Å². The molecule has 0 saturated heterocycles. The maximum Gasteiger partial charge on any atom is 0.117 e. The van der Waals surface area contributed by atoms with E-state index < -0.39 is 0 Å². The van der Waals surface area contributed by atoms with Crippen molar-refractivity contribution in [2.24, 2.45) is 0 Å². The molecule has 0 amide bonds. The Labute approximate surface area is 121 Å². The number of rotatable bonds is 7. The van der Waals surface area contributed by atoms with Gasteiger partial charge in [-0.3, -0.25) is 4.90 Å². The van der Waals surface area contributed by atoms with Gasteiger partial charge >= 0.3 is 0 Å². The van der Waals surface area contributed by atoms with E-state index in [0.717, 1.165) is 25.4 Å². The normalized spacial score (nSPS) is 14.4. The summed E-state index contributed by atoms with van der Waals surface area (Å²) in [6.45, 7) is 5.05. The fraction of sp³-hybridized carbons (Fsp3) is 0.412. The summed E-state index contributed by atoms with van der Waals surface area (Å²) in [6.07, 6.45) is 1.73. The lowest BCUT2D eigenvalue weighted by atomic mass is 9.82. The zero-order valence-electron chi connectivity index (χ0n) is 12.6. The van der Waals surface area contributed by atoms with Crippen molar-refractivity contribution in [3.63, 3.8) is 0 Å². The van der Waals surface area contributed by atoms with Crippen LogP contribution in [-0.2, 0) is 12.0 Å². The second-order valence-corrected chi connectivity index (χ2v) is 5.71. The highest BCUT2D eigenvalue weighted by Crippen LogP contribution is 2.24. The quantitative estimate of drug-likeness (QED) is 0.840. The molecule has 0 bridgehead atoms. The number of nitrogens with zero attached hydrogens (tertiary/aromatic N) is 1. The Morgan fingerprint density at radius 2 is 1.90 bits per heavy atom. The first-order valence-electron chi connectivity index (χ1n) is 7.05. The average Bonchev–Trinajstić information content (AvgIpc) is 2.92. The number of benzene rings is 1. The SMILES string of the molecule is CNCC(C)(CN(C)Cc1ccco1)c1ccccc1. The number of likely N-dealkylation sites (N-methyl/N-ethyl adjacent to an activating group) is 2. The topological polar surface area (TPSA) is 28.4 Å². The molecule has 1 heterocycles. The predicted octanol–water partition coefficient (Wildman–Crippen LogP) is 2.89. The van der Waals surface area contributed by atoms with Gasteiger partial charge in [0.2, 0.25) is 0 Å². The first kappa shape index (κ1) is 14.8. The lowest BCUT2D eigenvalue weighted by Gasteiger charge is -2.34. The molecule has 0 saturated carbocycles. The van der Waals surface area contributed by atoms with E-state index in [4.69, 9.17) is 4.42 Å². The van der Waals surface area contributed by atoms with Crippen molar-refractivity contribution >= 4 is 0 Å². The van der Waals surface area contributed by atoms with Crippen LogP contribution in [-0.4, -0.2) is 32.1 Å². The summed E-state index contributed by atoms with van der Waals surface area (Å²) < 4.78 is 5.43. The van der Waals surface area contributed by atoms with Crippen molar-refractivity contribution < 1.29 is 4.42 Å².